The minimum absolute atomic E-state index is 0.0476. The minimum Gasteiger partial charge on any atom is -0.488 e. The molecule has 0 spiro atoms. The lowest BCUT2D eigenvalue weighted by Gasteiger charge is -2.20. The molecule has 0 aromatic rings. The lowest BCUT2D eigenvalue weighted by Crippen LogP contribution is -2.32. The molecule has 0 saturated heterocycles. The van der Waals surface area contributed by atoms with Gasteiger partial charge in [0.2, 0.25) is 0 Å². The Kier molecular flexibility index (Phi) is 2.23. The Morgan fingerprint density at radius 1 is 1.50 bits per heavy atom. The van der Waals surface area contributed by atoms with Crippen LogP contribution < -0.4 is 0 Å². The van der Waals surface area contributed by atoms with Crippen molar-refractivity contribution in [2.45, 2.75) is 38.6 Å². The van der Waals surface area contributed by atoms with Crippen LogP contribution in [0, 0.1) is 0 Å². The van der Waals surface area contributed by atoms with Crippen LogP contribution in [-0.4, -0.2) is 30.1 Å². The molecule has 0 fully saturated rings. The maximum absolute atomic E-state index is 5.60. The predicted octanol–water partition coefficient (Wildman–Crippen LogP) is 1.47. The van der Waals surface area contributed by atoms with Crippen molar-refractivity contribution in [3.63, 3.8) is 0 Å². The molecule has 0 saturated carbocycles. The highest BCUT2D eigenvalue weighted by Gasteiger charge is 2.37. The number of hydrogen-bond donors (Lipinski definition) is 0. The summed E-state index contributed by atoms with van der Waals surface area (Å²) < 4.78 is 10.9. The molecular weight excluding hydrogens is 182 g/mol. The highest BCUT2D eigenvalue weighted by atomic mass is 16.7. The second-order valence-electron chi connectivity index (χ2n) is 4.44. The number of ether oxygens (including phenoxy) is 2. The van der Waals surface area contributed by atoms with Gasteiger partial charge in [-0.1, -0.05) is 5.16 Å². The molecule has 78 valence electrons. The van der Waals surface area contributed by atoms with Crippen molar-refractivity contribution in [2.24, 2.45) is 5.16 Å². The Hall–Kier alpha value is -1.03. The van der Waals surface area contributed by atoms with Gasteiger partial charge in [0, 0.05) is 0 Å². The first-order valence-electron chi connectivity index (χ1n) is 4.75. The summed E-state index contributed by atoms with van der Waals surface area (Å²) >= 11 is 0. The van der Waals surface area contributed by atoms with Crippen molar-refractivity contribution in [1.29, 1.82) is 0 Å². The largest absolute Gasteiger partial charge is 0.488 e. The number of nitrogens with zero attached hydrogens (tertiary/aromatic N) is 1. The van der Waals surface area contributed by atoms with Crippen molar-refractivity contribution in [1.82, 2.24) is 0 Å². The fourth-order valence-electron chi connectivity index (χ4n) is 1.32. The standard InChI is InChI=1S/C10H15NO3/c1-10(2,3)13-6-7-9-8(14-11-7)4-5-12-9/h4-5,8-9H,6H2,1-3H3/t8-,9-/m0/s1. The smallest absolute Gasteiger partial charge is 0.191 e. The molecule has 2 aliphatic rings. The third-order valence-corrected chi connectivity index (χ3v) is 2.06. The van der Waals surface area contributed by atoms with Gasteiger partial charge in [-0.3, -0.25) is 0 Å². The van der Waals surface area contributed by atoms with Crippen LogP contribution in [0.1, 0.15) is 20.8 Å². The summed E-state index contributed by atoms with van der Waals surface area (Å²) in [4.78, 5) is 5.15. The van der Waals surface area contributed by atoms with E-state index in [1.165, 1.54) is 0 Å². The van der Waals surface area contributed by atoms with Gasteiger partial charge in [-0.05, 0) is 26.8 Å². The fraction of sp³-hybridized carbons (Fsp3) is 0.700. The topological polar surface area (TPSA) is 40.0 Å². The van der Waals surface area contributed by atoms with Crippen molar-refractivity contribution in [3.05, 3.63) is 12.3 Å². The number of fused-ring (bicyclic) bond motifs is 1. The van der Waals surface area contributed by atoms with Crippen molar-refractivity contribution < 1.29 is 14.3 Å². The average molecular weight is 197 g/mol. The maximum Gasteiger partial charge on any atom is 0.191 e. The molecule has 2 rings (SSSR count). The van der Waals surface area contributed by atoms with Gasteiger partial charge in [-0.25, -0.2) is 0 Å². The van der Waals surface area contributed by atoms with Crippen LogP contribution in [0.3, 0.4) is 0 Å². The van der Waals surface area contributed by atoms with E-state index < -0.39 is 0 Å². The first kappa shape index (κ1) is 9.52. The van der Waals surface area contributed by atoms with Crippen LogP contribution in [0.5, 0.6) is 0 Å². The Labute approximate surface area is 83.5 Å². The van der Waals surface area contributed by atoms with Gasteiger partial charge in [0.05, 0.1) is 18.5 Å². The number of hydrogen-bond acceptors (Lipinski definition) is 4. The number of rotatable bonds is 2. The third kappa shape index (κ3) is 1.90. The lowest BCUT2D eigenvalue weighted by atomic mass is 10.1. The quantitative estimate of drug-likeness (QED) is 0.673. The first-order valence-corrected chi connectivity index (χ1v) is 4.75. The molecule has 2 aliphatic heterocycles. The molecule has 0 unspecified atom stereocenters. The van der Waals surface area contributed by atoms with Gasteiger partial charge in [0.15, 0.2) is 12.2 Å². The molecular formula is C10H15NO3. The van der Waals surface area contributed by atoms with Crippen LogP contribution in [0.15, 0.2) is 17.5 Å². The highest BCUT2D eigenvalue weighted by Crippen LogP contribution is 2.22. The van der Waals surface area contributed by atoms with Crippen molar-refractivity contribution in [2.75, 3.05) is 6.61 Å². The Morgan fingerprint density at radius 3 is 3.00 bits per heavy atom. The summed E-state index contributed by atoms with van der Waals surface area (Å²) in [5.74, 6) is 0. The molecule has 2 heterocycles. The highest BCUT2D eigenvalue weighted by molar-refractivity contribution is 5.91. The third-order valence-electron chi connectivity index (χ3n) is 2.06. The van der Waals surface area contributed by atoms with Gasteiger partial charge >= 0.3 is 0 Å². The van der Waals surface area contributed by atoms with E-state index in [0.717, 1.165) is 5.71 Å². The zero-order chi connectivity index (χ0) is 10.2. The van der Waals surface area contributed by atoms with E-state index in [4.69, 9.17) is 14.3 Å². The molecule has 14 heavy (non-hydrogen) atoms. The Bertz CT molecular complexity index is 278. The minimum atomic E-state index is -0.160. The average Bonchev–Trinajstić information content (AvgIpc) is 2.59. The summed E-state index contributed by atoms with van der Waals surface area (Å²) in [5, 5.41) is 3.94. The molecule has 0 N–H and O–H groups in total. The second-order valence-corrected chi connectivity index (χ2v) is 4.44. The molecule has 0 aromatic heterocycles. The van der Waals surface area contributed by atoms with E-state index >= 15 is 0 Å². The SMILES string of the molecule is CC(C)(C)OCC1=NO[C@H]2C=CO[C@@H]12. The van der Waals surface area contributed by atoms with Crippen LogP contribution >= 0.6 is 0 Å². The van der Waals surface area contributed by atoms with Crippen molar-refractivity contribution >= 4 is 5.71 Å². The normalized spacial score (nSPS) is 29.5. The molecule has 0 bridgehead atoms. The van der Waals surface area contributed by atoms with Crippen LogP contribution in [0.25, 0.3) is 0 Å². The molecule has 0 aromatic carbocycles. The van der Waals surface area contributed by atoms with Crippen LogP contribution in [-0.2, 0) is 14.3 Å². The lowest BCUT2D eigenvalue weighted by molar-refractivity contribution is 0.0182. The summed E-state index contributed by atoms with van der Waals surface area (Å²) in [5.41, 5.74) is 0.669. The second kappa shape index (κ2) is 3.28. The maximum atomic E-state index is 5.60. The van der Waals surface area contributed by atoms with E-state index in [2.05, 4.69) is 5.16 Å². The van der Waals surface area contributed by atoms with Gasteiger partial charge in [0.1, 0.15) is 5.71 Å². The van der Waals surface area contributed by atoms with E-state index in [-0.39, 0.29) is 17.8 Å². The van der Waals surface area contributed by atoms with Crippen molar-refractivity contribution in [3.8, 4) is 0 Å². The van der Waals surface area contributed by atoms with Gasteiger partial charge in [0.25, 0.3) is 0 Å². The van der Waals surface area contributed by atoms with Crippen LogP contribution in [0.4, 0.5) is 0 Å². The van der Waals surface area contributed by atoms with E-state index in [9.17, 15) is 0 Å². The van der Waals surface area contributed by atoms with Gasteiger partial charge < -0.3 is 14.3 Å². The zero-order valence-electron chi connectivity index (χ0n) is 8.69. The van der Waals surface area contributed by atoms with E-state index in [1.807, 2.05) is 26.8 Å². The zero-order valence-corrected chi connectivity index (χ0v) is 8.69. The van der Waals surface area contributed by atoms with E-state index in [0.29, 0.717) is 6.61 Å². The van der Waals surface area contributed by atoms with Gasteiger partial charge in [-0.2, -0.15) is 0 Å². The Morgan fingerprint density at radius 2 is 2.29 bits per heavy atom. The van der Waals surface area contributed by atoms with E-state index in [1.54, 1.807) is 6.26 Å². The molecule has 0 aliphatic carbocycles. The molecule has 2 atom stereocenters. The molecule has 0 amide bonds. The monoisotopic (exact) mass is 197 g/mol. The molecule has 4 nitrogen and oxygen atoms in total. The Balaban J connectivity index is 1.88. The van der Waals surface area contributed by atoms with Gasteiger partial charge in [-0.15, -0.1) is 0 Å². The summed E-state index contributed by atoms with van der Waals surface area (Å²) in [6.07, 6.45) is 3.39. The predicted molar refractivity (Wildman–Crippen MR) is 52.0 cm³/mol. The fourth-order valence-corrected chi connectivity index (χ4v) is 1.32. The summed E-state index contributed by atoms with van der Waals surface area (Å²) in [6.45, 7) is 6.49. The molecule has 0 radical (unpaired) electrons. The van der Waals surface area contributed by atoms with Crippen LogP contribution in [0.2, 0.25) is 0 Å². The summed E-state index contributed by atoms with van der Waals surface area (Å²) in [6, 6.07) is 0. The first-order chi connectivity index (χ1) is 6.56. The number of oxime groups is 1. The summed E-state index contributed by atoms with van der Waals surface area (Å²) in [7, 11) is 0. The molecule has 4 heteroatoms.